The average molecular weight is 256 g/mol. The molecule has 96 valence electrons. The Morgan fingerprint density at radius 2 is 1.88 bits per heavy atom. The van der Waals surface area contributed by atoms with Crippen LogP contribution in [0.1, 0.15) is 47.0 Å². The van der Waals surface area contributed by atoms with Crippen molar-refractivity contribution in [1.82, 2.24) is 4.90 Å². The first-order valence-electron chi connectivity index (χ1n) is 5.90. The Hall–Kier alpha value is -0.970. The number of imide groups is 1. The third-order valence-corrected chi connectivity index (χ3v) is 4.41. The number of thiocarbonyl (C=S) groups is 1. The number of nitrogens with two attached hydrogens (primary N) is 1. The number of carbonyl (C=O) groups excluding carboxylic acids is 2. The molecule has 0 bridgehead atoms. The van der Waals surface area contributed by atoms with Crippen LogP contribution in [0.5, 0.6) is 0 Å². The first-order chi connectivity index (χ1) is 7.73. The second-order valence-corrected chi connectivity index (χ2v) is 5.56. The van der Waals surface area contributed by atoms with E-state index in [1.165, 1.54) is 4.90 Å². The maximum Gasteiger partial charge on any atom is 0.236 e. The molecule has 0 aromatic heterocycles. The Bertz CT molecular complexity index is 373. The number of hydrogen-bond acceptors (Lipinski definition) is 3. The van der Waals surface area contributed by atoms with Crippen LogP contribution < -0.4 is 5.73 Å². The van der Waals surface area contributed by atoms with Gasteiger partial charge in [0, 0.05) is 6.42 Å². The summed E-state index contributed by atoms with van der Waals surface area (Å²) in [4.78, 5) is 25.9. The van der Waals surface area contributed by atoms with E-state index in [0.29, 0.717) is 12.8 Å². The minimum Gasteiger partial charge on any atom is -0.391 e. The van der Waals surface area contributed by atoms with Gasteiger partial charge in [-0.3, -0.25) is 14.5 Å². The summed E-state index contributed by atoms with van der Waals surface area (Å²) in [7, 11) is 0. The van der Waals surface area contributed by atoms with E-state index < -0.39 is 11.0 Å². The molecular formula is C12H20N2O2S. The molecule has 5 heteroatoms. The van der Waals surface area contributed by atoms with Crippen LogP contribution in [-0.2, 0) is 9.59 Å². The molecule has 1 fully saturated rings. The van der Waals surface area contributed by atoms with Gasteiger partial charge in [0.05, 0.1) is 15.9 Å². The first kappa shape index (κ1) is 14.1. The zero-order valence-corrected chi connectivity index (χ0v) is 11.7. The summed E-state index contributed by atoms with van der Waals surface area (Å²) in [5.41, 5.74) is 4.20. The first-order valence-corrected chi connectivity index (χ1v) is 6.31. The zero-order chi connectivity index (χ0) is 13.4. The highest BCUT2D eigenvalue weighted by Crippen LogP contribution is 2.41. The number of amides is 2. The van der Waals surface area contributed by atoms with Crippen LogP contribution in [0.4, 0.5) is 0 Å². The van der Waals surface area contributed by atoms with Gasteiger partial charge in [-0.15, -0.1) is 0 Å². The maximum atomic E-state index is 12.4. The topological polar surface area (TPSA) is 63.4 Å². The predicted molar refractivity (Wildman–Crippen MR) is 70.3 cm³/mol. The van der Waals surface area contributed by atoms with Crippen LogP contribution in [0.15, 0.2) is 0 Å². The molecule has 17 heavy (non-hydrogen) atoms. The molecule has 2 amide bonds. The minimum atomic E-state index is -0.879. The van der Waals surface area contributed by atoms with E-state index >= 15 is 0 Å². The molecule has 0 saturated carbocycles. The molecule has 1 heterocycles. The molecule has 0 aliphatic carbocycles. The van der Waals surface area contributed by atoms with Crippen LogP contribution in [0, 0.1) is 5.41 Å². The number of rotatable bonds is 4. The molecule has 0 atom stereocenters. The van der Waals surface area contributed by atoms with Crippen molar-refractivity contribution < 1.29 is 9.59 Å². The van der Waals surface area contributed by atoms with E-state index in [1.807, 2.05) is 13.8 Å². The molecule has 0 aromatic rings. The summed E-state index contributed by atoms with van der Waals surface area (Å²) in [6.07, 6.45) is 1.60. The smallest absolute Gasteiger partial charge is 0.236 e. The fourth-order valence-electron chi connectivity index (χ4n) is 2.27. The minimum absolute atomic E-state index is 0.134. The van der Waals surface area contributed by atoms with E-state index in [2.05, 4.69) is 0 Å². The summed E-state index contributed by atoms with van der Waals surface area (Å²) in [6.45, 7) is 7.30. The Labute approximate surface area is 108 Å². The molecule has 0 spiro atoms. The van der Waals surface area contributed by atoms with E-state index in [-0.39, 0.29) is 23.2 Å². The standard InChI is InChI=1S/C12H20N2O2S/c1-5-12(6-2)7-8(15)14(10(12)16)11(3,4)9(13)17/h5-7H2,1-4H3,(H2,13,17). The van der Waals surface area contributed by atoms with Gasteiger partial charge in [0.25, 0.3) is 0 Å². The Morgan fingerprint density at radius 3 is 2.18 bits per heavy atom. The van der Waals surface area contributed by atoms with E-state index in [9.17, 15) is 9.59 Å². The van der Waals surface area contributed by atoms with Crippen LogP contribution in [0.2, 0.25) is 0 Å². The summed E-state index contributed by atoms with van der Waals surface area (Å²) in [5, 5.41) is 0. The van der Waals surface area contributed by atoms with E-state index in [1.54, 1.807) is 13.8 Å². The lowest BCUT2D eigenvalue weighted by Gasteiger charge is -2.34. The monoisotopic (exact) mass is 256 g/mol. The highest BCUT2D eigenvalue weighted by molar-refractivity contribution is 7.80. The van der Waals surface area contributed by atoms with Crippen molar-refractivity contribution >= 4 is 29.0 Å². The number of carbonyl (C=O) groups is 2. The Kier molecular flexibility index (Phi) is 3.62. The van der Waals surface area contributed by atoms with Crippen molar-refractivity contribution in [3.05, 3.63) is 0 Å². The molecule has 0 aromatic carbocycles. The molecule has 2 N–H and O–H groups in total. The summed E-state index contributed by atoms with van der Waals surface area (Å²) in [6, 6.07) is 0. The van der Waals surface area contributed by atoms with Gasteiger partial charge in [0.2, 0.25) is 11.8 Å². The maximum absolute atomic E-state index is 12.4. The SMILES string of the molecule is CCC1(CC)CC(=O)N(C(C)(C)C(N)=S)C1=O. The van der Waals surface area contributed by atoms with Gasteiger partial charge in [-0.1, -0.05) is 26.1 Å². The van der Waals surface area contributed by atoms with Crippen molar-refractivity contribution in [3.63, 3.8) is 0 Å². The second-order valence-electron chi connectivity index (χ2n) is 5.12. The molecular weight excluding hydrogens is 236 g/mol. The van der Waals surface area contributed by atoms with Crippen LogP contribution in [0.25, 0.3) is 0 Å². The quantitative estimate of drug-likeness (QED) is 0.613. The Morgan fingerprint density at radius 1 is 1.41 bits per heavy atom. The summed E-state index contributed by atoms with van der Waals surface area (Å²) < 4.78 is 0. The summed E-state index contributed by atoms with van der Waals surface area (Å²) >= 11 is 4.95. The molecule has 4 nitrogen and oxygen atoms in total. The fraction of sp³-hybridized carbons (Fsp3) is 0.750. The van der Waals surface area contributed by atoms with Crippen molar-refractivity contribution in [3.8, 4) is 0 Å². The lowest BCUT2D eigenvalue weighted by molar-refractivity contribution is -0.145. The highest BCUT2D eigenvalue weighted by Gasteiger charge is 2.54. The highest BCUT2D eigenvalue weighted by atomic mass is 32.1. The van der Waals surface area contributed by atoms with Gasteiger partial charge < -0.3 is 5.73 Å². The predicted octanol–water partition coefficient (Wildman–Crippen LogP) is 1.62. The molecule has 0 unspecified atom stereocenters. The number of hydrogen-bond donors (Lipinski definition) is 1. The van der Waals surface area contributed by atoms with Crippen molar-refractivity contribution in [2.24, 2.45) is 11.1 Å². The molecule has 1 aliphatic heterocycles. The van der Waals surface area contributed by atoms with E-state index in [4.69, 9.17) is 18.0 Å². The summed E-state index contributed by atoms with van der Waals surface area (Å²) in [5.74, 6) is -0.304. The fourth-order valence-corrected chi connectivity index (χ4v) is 2.36. The third-order valence-electron chi connectivity index (χ3n) is 3.91. The van der Waals surface area contributed by atoms with E-state index in [0.717, 1.165) is 0 Å². The lowest BCUT2D eigenvalue weighted by atomic mass is 9.80. The van der Waals surface area contributed by atoms with Crippen LogP contribution >= 0.6 is 12.2 Å². The van der Waals surface area contributed by atoms with Crippen LogP contribution in [0.3, 0.4) is 0 Å². The third kappa shape index (κ3) is 1.97. The van der Waals surface area contributed by atoms with Crippen molar-refractivity contribution in [1.29, 1.82) is 0 Å². The van der Waals surface area contributed by atoms with Gasteiger partial charge in [0.15, 0.2) is 0 Å². The van der Waals surface area contributed by atoms with Gasteiger partial charge in [-0.25, -0.2) is 0 Å². The molecule has 1 rings (SSSR count). The van der Waals surface area contributed by atoms with Crippen molar-refractivity contribution in [2.45, 2.75) is 52.5 Å². The largest absolute Gasteiger partial charge is 0.391 e. The van der Waals surface area contributed by atoms with Gasteiger partial charge in [-0.2, -0.15) is 0 Å². The normalized spacial score (nSPS) is 19.9. The van der Waals surface area contributed by atoms with Gasteiger partial charge in [-0.05, 0) is 26.7 Å². The lowest BCUT2D eigenvalue weighted by Crippen LogP contribution is -2.55. The number of nitrogens with zero attached hydrogens (tertiary/aromatic N) is 1. The molecule has 1 aliphatic rings. The Balaban J connectivity index is 3.18. The molecule has 1 saturated heterocycles. The zero-order valence-electron chi connectivity index (χ0n) is 10.9. The van der Waals surface area contributed by atoms with Crippen LogP contribution in [-0.4, -0.2) is 27.2 Å². The average Bonchev–Trinajstić information content (AvgIpc) is 2.50. The van der Waals surface area contributed by atoms with Gasteiger partial charge in [0.1, 0.15) is 0 Å². The van der Waals surface area contributed by atoms with Gasteiger partial charge >= 0.3 is 0 Å². The molecule has 0 radical (unpaired) electrons. The number of likely N-dealkylation sites (tertiary alicyclic amines) is 1. The second kappa shape index (κ2) is 4.37. The van der Waals surface area contributed by atoms with Crippen molar-refractivity contribution in [2.75, 3.05) is 0 Å².